The van der Waals surface area contributed by atoms with Crippen LogP contribution in [0.4, 0.5) is 0 Å². The summed E-state index contributed by atoms with van der Waals surface area (Å²) in [7, 11) is 0. The monoisotopic (exact) mass is 227 g/mol. The lowest BCUT2D eigenvalue weighted by atomic mass is 10.0. The molecule has 0 radical (unpaired) electrons. The predicted molar refractivity (Wildman–Crippen MR) is 69.7 cm³/mol. The highest BCUT2D eigenvalue weighted by Crippen LogP contribution is 2.27. The van der Waals surface area contributed by atoms with E-state index in [4.69, 9.17) is 5.73 Å². The van der Waals surface area contributed by atoms with Crippen LogP contribution in [-0.2, 0) is 0 Å². The maximum Gasteiger partial charge on any atom is 0.0750 e. The van der Waals surface area contributed by atoms with Crippen LogP contribution >= 0.6 is 0 Å². The standard InChI is InChI=1S/C14H17N3/c15-9-13(17-11-6-7-11)12-5-1-3-10-4-2-8-16-14(10)12/h1-5,8,11,13,17H,6-7,9,15H2. The number of aromatic nitrogens is 1. The average molecular weight is 227 g/mol. The second kappa shape index (κ2) is 4.43. The molecule has 1 heterocycles. The van der Waals surface area contributed by atoms with Gasteiger partial charge in [0.2, 0.25) is 0 Å². The molecule has 0 saturated heterocycles. The van der Waals surface area contributed by atoms with Crippen LogP contribution in [0.2, 0.25) is 0 Å². The Bertz CT molecular complexity index is 514. The van der Waals surface area contributed by atoms with Gasteiger partial charge in [-0.2, -0.15) is 0 Å². The van der Waals surface area contributed by atoms with Gasteiger partial charge in [-0.05, 0) is 24.5 Å². The SMILES string of the molecule is NCC(NC1CC1)c1cccc2cccnc12. The van der Waals surface area contributed by atoms with Crippen molar-refractivity contribution in [1.82, 2.24) is 10.3 Å². The molecular formula is C14H17N3. The number of nitrogens with one attached hydrogen (secondary N) is 1. The lowest BCUT2D eigenvalue weighted by molar-refractivity contribution is 0.541. The van der Waals surface area contributed by atoms with Crippen LogP contribution in [0, 0.1) is 0 Å². The number of pyridine rings is 1. The largest absolute Gasteiger partial charge is 0.329 e. The van der Waals surface area contributed by atoms with E-state index in [1.165, 1.54) is 23.8 Å². The van der Waals surface area contributed by atoms with Crippen LogP contribution in [-0.4, -0.2) is 17.6 Å². The van der Waals surface area contributed by atoms with Gasteiger partial charge in [-0.15, -0.1) is 0 Å². The number of nitrogens with two attached hydrogens (primary N) is 1. The summed E-state index contributed by atoms with van der Waals surface area (Å²) in [5.41, 5.74) is 8.17. The third-order valence-corrected chi connectivity index (χ3v) is 3.29. The number of hydrogen-bond donors (Lipinski definition) is 2. The van der Waals surface area contributed by atoms with Gasteiger partial charge in [0.15, 0.2) is 0 Å². The fraction of sp³-hybridized carbons (Fsp3) is 0.357. The summed E-state index contributed by atoms with van der Waals surface area (Å²) in [5, 5.41) is 4.77. The Kier molecular flexibility index (Phi) is 2.79. The highest BCUT2D eigenvalue weighted by Gasteiger charge is 2.25. The molecule has 1 aliphatic carbocycles. The van der Waals surface area contributed by atoms with Crippen molar-refractivity contribution in [2.75, 3.05) is 6.54 Å². The number of hydrogen-bond acceptors (Lipinski definition) is 3. The first-order valence-corrected chi connectivity index (χ1v) is 6.18. The Morgan fingerprint density at radius 2 is 2.12 bits per heavy atom. The van der Waals surface area contributed by atoms with Crippen LogP contribution < -0.4 is 11.1 Å². The zero-order valence-electron chi connectivity index (χ0n) is 9.76. The van der Waals surface area contributed by atoms with Gasteiger partial charge < -0.3 is 11.1 Å². The van der Waals surface area contributed by atoms with Crippen LogP contribution in [0.5, 0.6) is 0 Å². The summed E-state index contributed by atoms with van der Waals surface area (Å²) in [5.74, 6) is 0. The Morgan fingerprint density at radius 3 is 2.88 bits per heavy atom. The van der Waals surface area contributed by atoms with E-state index in [-0.39, 0.29) is 6.04 Å². The number of benzene rings is 1. The number of fused-ring (bicyclic) bond motifs is 1. The summed E-state index contributed by atoms with van der Waals surface area (Å²) in [4.78, 5) is 4.48. The van der Waals surface area contributed by atoms with Crippen molar-refractivity contribution in [3.63, 3.8) is 0 Å². The minimum absolute atomic E-state index is 0.223. The zero-order valence-corrected chi connectivity index (χ0v) is 9.76. The summed E-state index contributed by atoms with van der Waals surface area (Å²) in [6.45, 7) is 0.617. The smallest absolute Gasteiger partial charge is 0.0750 e. The van der Waals surface area contributed by atoms with Gasteiger partial charge in [0, 0.05) is 30.2 Å². The molecule has 1 aliphatic rings. The van der Waals surface area contributed by atoms with Gasteiger partial charge in [0.05, 0.1) is 5.52 Å². The van der Waals surface area contributed by atoms with E-state index in [2.05, 4.69) is 34.6 Å². The van der Waals surface area contributed by atoms with Crippen molar-refractivity contribution in [2.45, 2.75) is 24.9 Å². The van der Waals surface area contributed by atoms with Gasteiger partial charge >= 0.3 is 0 Å². The van der Waals surface area contributed by atoms with Crippen molar-refractivity contribution in [3.8, 4) is 0 Å². The molecule has 1 fully saturated rings. The number of para-hydroxylation sites is 1. The number of nitrogens with zero attached hydrogens (tertiary/aromatic N) is 1. The van der Waals surface area contributed by atoms with Crippen molar-refractivity contribution in [1.29, 1.82) is 0 Å². The second-order valence-corrected chi connectivity index (χ2v) is 4.65. The highest BCUT2D eigenvalue weighted by atomic mass is 15.0. The molecule has 1 aromatic heterocycles. The summed E-state index contributed by atoms with van der Waals surface area (Å²) < 4.78 is 0. The molecule has 1 aromatic carbocycles. The van der Waals surface area contributed by atoms with Gasteiger partial charge in [-0.1, -0.05) is 24.3 Å². The zero-order chi connectivity index (χ0) is 11.7. The van der Waals surface area contributed by atoms with Gasteiger partial charge in [0.25, 0.3) is 0 Å². The van der Waals surface area contributed by atoms with Gasteiger partial charge in [-0.3, -0.25) is 4.98 Å². The van der Waals surface area contributed by atoms with Crippen molar-refractivity contribution >= 4 is 10.9 Å². The van der Waals surface area contributed by atoms with Crippen molar-refractivity contribution in [2.24, 2.45) is 5.73 Å². The Labute approximate surface area is 101 Å². The van der Waals surface area contributed by atoms with Gasteiger partial charge in [0.1, 0.15) is 0 Å². The average Bonchev–Trinajstić information content (AvgIpc) is 3.19. The van der Waals surface area contributed by atoms with E-state index in [9.17, 15) is 0 Å². The Morgan fingerprint density at radius 1 is 1.29 bits per heavy atom. The molecule has 3 nitrogen and oxygen atoms in total. The third kappa shape index (κ3) is 2.16. The van der Waals surface area contributed by atoms with Gasteiger partial charge in [-0.25, -0.2) is 0 Å². The first kappa shape index (κ1) is 10.7. The maximum absolute atomic E-state index is 5.88. The van der Waals surface area contributed by atoms with E-state index >= 15 is 0 Å². The molecule has 0 amide bonds. The van der Waals surface area contributed by atoms with Crippen LogP contribution in [0.3, 0.4) is 0 Å². The van der Waals surface area contributed by atoms with E-state index in [0.717, 1.165) is 5.52 Å². The summed E-state index contributed by atoms with van der Waals surface area (Å²) in [6.07, 6.45) is 4.39. The molecule has 3 heteroatoms. The fourth-order valence-electron chi connectivity index (χ4n) is 2.23. The Balaban J connectivity index is 2.01. The highest BCUT2D eigenvalue weighted by molar-refractivity contribution is 5.82. The van der Waals surface area contributed by atoms with E-state index < -0.39 is 0 Å². The molecule has 0 bridgehead atoms. The molecule has 17 heavy (non-hydrogen) atoms. The predicted octanol–water partition coefficient (Wildman–Crippen LogP) is 1.99. The maximum atomic E-state index is 5.88. The molecule has 3 N–H and O–H groups in total. The minimum atomic E-state index is 0.223. The van der Waals surface area contributed by atoms with Crippen LogP contribution in [0.25, 0.3) is 10.9 Å². The van der Waals surface area contributed by atoms with Crippen molar-refractivity contribution in [3.05, 3.63) is 42.1 Å². The second-order valence-electron chi connectivity index (χ2n) is 4.65. The van der Waals surface area contributed by atoms with E-state index in [1.54, 1.807) is 0 Å². The number of rotatable bonds is 4. The molecule has 1 atom stereocenters. The molecule has 1 saturated carbocycles. The van der Waals surface area contributed by atoms with Crippen molar-refractivity contribution < 1.29 is 0 Å². The first-order valence-electron chi connectivity index (χ1n) is 6.18. The summed E-state index contributed by atoms with van der Waals surface area (Å²) in [6, 6.07) is 11.2. The normalized spacial score (nSPS) is 17.2. The molecule has 88 valence electrons. The molecule has 1 unspecified atom stereocenters. The molecule has 2 aromatic rings. The van der Waals surface area contributed by atoms with E-state index in [0.29, 0.717) is 12.6 Å². The molecule has 0 spiro atoms. The third-order valence-electron chi connectivity index (χ3n) is 3.29. The van der Waals surface area contributed by atoms with Crippen LogP contribution in [0.1, 0.15) is 24.4 Å². The minimum Gasteiger partial charge on any atom is -0.329 e. The fourth-order valence-corrected chi connectivity index (χ4v) is 2.23. The quantitative estimate of drug-likeness (QED) is 0.839. The summed E-state index contributed by atoms with van der Waals surface area (Å²) >= 11 is 0. The van der Waals surface area contributed by atoms with Crippen LogP contribution in [0.15, 0.2) is 36.5 Å². The van der Waals surface area contributed by atoms with E-state index in [1.807, 2.05) is 12.3 Å². The first-order chi connectivity index (χ1) is 8.38. The molecular weight excluding hydrogens is 210 g/mol. The lowest BCUT2D eigenvalue weighted by Gasteiger charge is -2.18. The Hall–Kier alpha value is -1.45. The lowest BCUT2D eigenvalue weighted by Crippen LogP contribution is -2.30. The molecule has 3 rings (SSSR count). The topological polar surface area (TPSA) is 50.9 Å². The molecule has 0 aliphatic heterocycles.